The first-order valence-electron chi connectivity index (χ1n) is 6.90. The maximum absolute atomic E-state index is 11.3. The number of hydrogen-bond donors (Lipinski definition) is 1. The molecule has 4 nitrogen and oxygen atoms in total. The third-order valence-corrected chi connectivity index (χ3v) is 3.83. The van der Waals surface area contributed by atoms with Gasteiger partial charge in [0.2, 0.25) is 5.91 Å². The van der Waals surface area contributed by atoms with E-state index >= 15 is 0 Å². The second-order valence-corrected chi connectivity index (χ2v) is 5.32. The predicted octanol–water partition coefficient (Wildman–Crippen LogP) is 2.27. The Morgan fingerprint density at radius 1 is 1.53 bits per heavy atom. The molecule has 100 valence electrons. The molecule has 0 aromatic carbocycles. The maximum Gasteiger partial charge on any atom is 0.219 e. The quantitative estimate of drug-likeness (QED) is 0.913. The van der Waals surface area contributed by atoms with Crippen molar-refractivity contribution < 1.29 is 4.79 Å². The first kappa shape index (κ1) is 12.2. The minimum Gasteiger partial charge on any atom is -0.356 e. The largest absolute Gasteiger partial charge is 0.356 e. The van der Waals surface area contributed by atoms with Crippen molar-refractivity contribution in [2.75, 3.05) is 6.54 Å². The lowest BCUT2D eigenvalue weighted by molar-refractivity contribution is -0.120. The summed E-state index contributed by atoms with van der Waals surface area (Å²) in [4.78, 5) is 15.8. The van der Waals surface area contributed by atoms with Crippen LogP contribution in [0.3, 0.4) is 0 Å². The van der Waals surface area contributed by atoms with Crippen molar-refractivity contribution in [3.8, 4) is 0 Å². The van der Waals surface area contributed by atoms with E-state index in [9.17, 15) is 4.79 Å². The molecule has 0 saturated heterocycles. The van der Waals surface area contributed by atoms with Crippen LogP contribution >= 0.6 is 0 Å². The summed E-state index contributed by atoms with van der Waals surface area (Å²) < 4.78 is 2.18. The minimum atomic E-state index is 0.141. The van der Waals surface area contributed by atoms with E-state index in [1.54, 1.807) is 0 Å². The zero-order chi connectivity index (χ0) is 13.4. The number of nitrogens with one attached hydrogen (secondary N) is 1. The average Bonchev–Trinajstić information content (AvgIpc) is 3.07. The van der Waals surface area contributed by atoms with E-state index in [2.05, 4.69) is 33.0 Å². The van der Waals surface area contributed by atoms with Crippen LogP contribution < -0.4 is 5.32 Å². The van der Waals surface area contributed by atoms with Crippen molar-refractivity contribution in [3.05, 3.63) is 35.8 Å². The van der Waals surface area contributed by atoms with Crippen LogP contribution in [0.25, 0.3) is 5.65 Å². The Bertz CT molecular complexity index is 617. The molecule has 2 aromatic rings. The highest BCUT2D eigenvalue weighted by atomic mass is 16.1. The first-order valence-corrected chi connectivity index (χ1v) is 6.90. The Hall–Kier alpha value is -1.84. The van der Waals surface area contributed by atoms with Crippen molar-refractivity contribution in [1.29, 1.82) is 0 Å². The maximum atomic E-state index is 11.3. The second kappa shape index (κ2) is 4.68. The highest BCUT2D eigenvalue weighted by Gasteiger charge is 2.39. The van der Waals surface area contributed by atoms with Crippen molar-refractivity contribution >= 4 is 11.6 Å². The molecule has 0 radical (unpaired) electrons. The van der Waals surface area contributed by atoms with Crippen LogP contribution in [0.2, 0.25) is 0 Å². The topological polar surface area (TPSA) is 46.4 Å². The van der Waals surface area contributed by atoms with Gasteiger partial charge in [0.15, 0.2) is 0 Å². The molecule has 2 heterocycles. The molecule has 1 aliphatic rings. The summed E-state index contributed by atoms with van der Waals surface area (Å²) >= 11 is 0. The van der Waals surface area contributed by atoms with Gasteiger partial charge in [0.1, 0.15) is 5.65 Å². The number of fused-ring (bicyclic) bond motifs is 1. The molecule has 1 saturated carbocycles. The fourth-order valence-electron chi connectivity index (χ4n) is 2.66. The smallest absolute Gasteiger partial charge is 0.219 e. The van der Waals surface area contributed by atoms with Crippen molar-refractivity contribution in [2.24, 2.45) is 5.92 Å². The van der Waals surface area contributed by atoms with Gasteiger partial charge < -0.3 is 9.72 Å². The van der Waals surface area contributed by atoms with Crippen LogP contribution in [0.15, 0.2) is 24.4 Å². The Morgan fingerprint density at radius 2 is 2.37 bits per heavy atom. The molecule has 0 spiro atoms. The van der Waals surface area contributed by atoms with Gasteiger partial charge in [-0.3, -0.25) is 4.79 Å². The fraction of sp³-hybridized carbons (Fsp3) is 0.467. The van der Waals surface area contributed by atoms with Gasteiger partial charge in [0.05, 0.1) is 5.69 Å². The molecule has 4 heteroatoms. The lowest BCUT2D eigenvalue weighted by Gasteiger charge is -2.05. The van der Waals surface area contributed by atoms with Crippen LogP contribution in [0, 0.1) is 12.8 Å². The zero-order valence-corrected chi connectivity index (χ0v) is 11.4. The molecule has 1 aliphatic carbocycles. The molecule has 19 heavy (non-hydrogen) atoms. The molecule has 1 N–H and O–H groups in total. The van der Waals surface area contributed by atoms with Gasteiger partial charge >= 0.3 is 0 Å². The van der Waals surface area contributed by atoms with Crippen molar-refractivity contribution in [3.63, 3.8) is 0 Å². The van der Waals surface area contributed by atoms with E-state index in [0.717, 1.165) is 24.3 Å². The first-order chi connectivity index (χ1) is 9.19. The SMILES string of the molecule is CCC(=O)NCC1CC1c1cccc2nc(C)cn12. The number of hydrogen-bond acceptors (Lipinski definition) is 2. The van der Waals surface area contributed by atoms with Crippen LogP contribution in [-0.4, -0.2) is 21.8 Å². The molecular weight excluding hydrogens is 238 g/mol. The van der Waals surface area contributed by atoms with Gasteiger partial charge in [0, 0.05) is 30.8 Å². The minimum absolute atomic E-state index is 0.141. The summed E-state index contributed by atoms with van der Waals surface area (Å²) in [7, 11) is 0. The molecule has 0 aliphatic heterocycles. The van der Waals surface area contributed by atoms with Gasteiger partial charge in [-0.2, -0.15) is 0 Å². The van der Waals surface area contributed by atoms with Gasteiger partial charge in [-0.05, 0) is 31.4 Å². The Labute approximate surface area is 112 Å². The summed E-state index contributed by atoms with van der Waals surface area (Å²) in [6.07, 6.45) is 3.80. The summed E-state index contributed by atoms with van der Waals surface area (Å²) in [6.45, 7) is 4.69. The van der Waals surface area contributed by atoms with E-state index in [4.69, 9.17) is 0 Å². The second-order valence-electron chi connectivity index (χ2n) is 5.32. The molecule has 2 atom stereocenters. The zero-order valence-electron chi connectivity index (χ0n) is 11.4. The number of carbonyl (C=O) groups excluding carboxylic acids is 1. The summed E-state index contributed by atoms with van der Waals surface area (Å²) in [6, 6.07) is 6.27. The van der Waals surface area contributed by atoms with Gasteiger partial charge in [-0.1, -0.05) is 13.0 Å². The van der Waals surface area contributed by atoms with Crippen LogP contribution in [0.5, 0.6) is 0 Å². The summed E-state index contributed by atoms with van der Waals surface area (Å²) in [5.74, 6) is 1.26. The normalized spacial score (nSPS) is 21.6. The van der Waals surface area contributed by atoms with E-state index in [0.29, 0.717) is 18.3 Å². The summed E-state index contributed by atoms with van der Waals surface area (Å²) in [5.41, 5.74) is 3.37. The van der Waals surface area contributed by atoms with E-state index in [-0.39, 0.29) is 5.91 Å². The molecule has 2 aromatic heterocycles. The molecule has 1 amide bonds. The van der Waals surface area contributed by atoms with Crippen molar-refractivity contribution in [2.45, 2.75) is 32.6 Å². The average molecular weight is 257 g/mol. The van der Waals surface area contributed by atoms with Gasteiger partial charge in [0.25, 0.3) is 0 Å². The number of aryl methyl sites for hydroxylation is 1. The lowest BCUT2D eigenvalue weighted by atomic mass is 10.2. The van der Waals surface area contributed by atoms with Crippen molar-refractivity contribution in [1.82, 2.24) is 14.7 Å². The van der Waals surface area contributed by atoms with E-state index < -0.39 is 0 Å². The van der Waals surface area contributed by atoms with Crippen LogP contribution in [0.1, 0.15) is 37.1 Å². The standard InChI is InChI=1S/C15H19N3O/c1-3-15(19)16-8-11-7-12(11)13-5-4-6-14-17-10(2)9-18(13)14/h4-6,9,11-12H,3,7-8H2,1-2H3,(H,16,19). The molecule has 1 fully saturated rings. The van der Waals surface area contributed by atoms with Crippen LogP contribution in [-0.2, 0) is 4.79 Å². The Morgan fingerprint density at radius 3 is 3.16 bits per heavy atom. The molecule has 2 unspecified atom stereocenters. The number of pyridine rings is 1. The fourth-order valence-corrected chi connectivity index (χ4v) is 2.66. The Kier molecular flexibility index (Phi) is 3.01. The Balaban J connectivity index is 1.74. The van der Waals surface area contributed by atoms with Crippen LogP contribution in [0.4, 0.5) is 0 Å². The third kappa shape index (κ3) is 2.35. The van der Waals surface area contributed by atoms with Gasteiger partial charge in [-0.15, -0.1) is 0 Å². The van der Waals surface area contributed by atoms with E-state index in [1.807, 2.05) is 19.9 Å². The number of carbonyl (C=O) groups is 1. The number of rotatable bonds is 4. The number of imidazole rings is 1. The molecule has 3 rings (SSSR count). The monoisotopic (exact) mass is 257 g/mol. The number of amides is 1. The van der Waals surface area contributed by atoms with Gasteiger partial charge in [-0.25, -0.2) is 4.98 Å². The summed E-state index contributed by atoms with van der Waals surface area (Å²) in [5, 5.41) is 2.98. The lowest BCUT2D eigenvalue weighted by Crippen LogP contribution is -2.24. The molecule has 0 bridgehead atoms. The number of aromatic nitrogens is 2. The third-order valence-electron chi connectivity index (χ3n) is 3.83. The van der Waals surface area contributed by atoms with E-state index in [1.165, 1.54) is 5.69 Å². The predicted molar refractivity (Wildman–Crippen MR) is 74.1 cm³/mol. The highest BCUT2D eigenvalue weighted by molar-refractivity contribution is 5.75. The molecular formula is C15H19N3O. The highest BCUT2D eigenvalue weighted by Crippen LogP contribution is 2.46. The number of nitrogens with zero attached hydrogens (tertiary/aromatic N) is 2.